The monoisotopic (exact) mass is 284 g/mol. The van der Waals surface area contributed by atoms with E-state index in [-0.39, 0.29) is 20.8 Å². The average molecular weight is 284 g/mol. The third-order valence-electron chi connectivity index (χ3n) is 2.58. The van der Waals surface area contributed by atoms with Crippen LogP contribution in [0, 0.1) is 12.1 Å². The summed E-state index contributed by atoms with van der Waals surface area (Å²) in [7, 11) is 0. The second-order valence-corrected chi connectivity index (χ2v) is 4.19. The second-order valence-electron chi connectivity index (χ2n) is 4.19. The van der Waals surface area contributed by atoms with Crippen molar-refractivity contribution in [3.05, 3.63) is 35.3 Å². The molecule has 1 amide bonds. The summed E-state index contributed by atoms with van der Waals surface area (Å²) < 4.78 is 0.771. The van der Waals surface area contributed by atoms with E-state index in [1.54, 1.807) is 19.1 Å². The summed E-state index contributed by atoms with van der Waals surface area (Å²) in [4.78, 5) is 12.7. The number of aromatic nitrogens is 1. The normalized spacial score (nSPS) is 8.40. The van der Waals surface area contributed by atoms with Gasteiger partial charge in [0.15, 0.2) is 12.4 Å². The number of carbonyl (C=O) groups excluding carboxylic acids is 1. The number of hydrogen-bond donors (Lipinski definition) is 0. The highest BCUT2D eigenvalue weighted by Crippen LogP contribution is 1.94. The highest BCUT2D eigenvalue weighted by atomic mass is 16.5. The fraction of sp³-hybridized carbons (Fsp3) is 0.625. The van der Waals surface area contributed by atoms with Gasteiger partial charge in [0.25, 0.3) is 0 Å². The molecule has 0 unspecified atom stereocenters. The molecule has 0 atom stereocenters. The number of nitrogens with zero attached hydrogens (tertiary/aromatic N) is 2. The molecule has 4 nitrogen and oxygen atoms in total. The molecule has 0 aromatic carbocycles. The molecule has 1 heterocycles. The lowest BCUT2D eigenvalue weighted by molar-refractivity contribution is -0.605. The topological polar surface area (TPSA) is 47.2 Å². The maximum atomic E-state index is 10.8. The fourth-order valence-corrected chi connectivity index (χ4v) is 1.37. The van der Waals surface area contributed by atoms with Crippen molar-refractivity contribution >= 4 is 5.91 Å². The van der Waals surface area contributed by atoms with Gasteiger partial charge in [-0.25, -0.2) is 0 Å². The average Bonchev–Trinajstić information content (AvgIpc) is 2.34. The van der Waals surface area contributed by atoms with Crippen molar-refractivity contribution in [2.75, 3.05) is 13.1 Å². The van der Waals surface area contributed by atoms with E-state index in [1.807, 2.05) is 18.7 Å². The van der Waals surface area contributed by atoms with E-state index in [0.717, 1.165) is 36.2 Å². The summed E-state index contributed by atoms with van der Waals surface area (Å²) in [5, 5.41) is 10.3. The number of pyridine rings is 1. The van der Waals surface area contributed by atoms with Gasteiger partial charge in [0, 0.05) is 32.1 Å². The molecule has 0 aliphatic rings. The highest BCUT2D eigenvalue weighted by Gasteiger charge is 2.02. The summed E-state index contributed by atoms with van der Waals surface area (Å²) in [5.74, 6) is 0.191. The van der Waals surface area contributed by atoms with Crippen molar-refractivity contribution in [1.82, 2.24) is 4.90 Å². The molecule has 0 N–H and O–H groups in total. The summed E-state index contributed by atoms with van der Waals surface area (Å²) >= 11 is 0. The van der Waals surface area contributed by atoms with Gasteiger partial charge >= 0.3 is 0 Å². The number of unbranched alkanes of at least 4 members (excludes halogenated alkanes) is 1. The zero-order chi connectivity index (χ0) is 14.0. The van der Waals surface area contributed by atoms with Gasteiger partial charge in [0.1, 0.15) is 0 Å². The van der Waals surface area contributed by atoms with E-state index in [0.29, 0.717) is 0 Å². The van der Waals surface area contributed by atoms with Crippen LogP contribution < -0.4 is 4.73 Å². The van der Waals surface area contributed by atoms with Crippen LogP contribution in [0.5, 0.6) is 0 Å². The lowest BCUT2D eigenvalue weighted by Crippen LogP contribution is -2.29. The lowest BCUT2D eigenvalue weighted by atomic mass is 10.3. The molecule has 0 aliphatic heterocycles. The predicted octanol–water partition coefficient (Wildman–Crippen LogP) is 3.56. The van der Waals surface area contributed by atoms with Crippen LogP contribution in [0.3, 0.4) is 0 Å². The van der Waals surface area contributed by atoms with E-state index in [4.69, 9.17) is 0 Å². The van der Waals surface area contributed by atoms with Crippen LogP contribution in [0.1, 0.15) is 54.0 Å². The summed E-state index contributed by atoms with van der Waals surface area (Å²) in [5.41, 5.74) is 1.11. The Labute approximate surface area is 125 Å². The quantitative estimate of drug-likeness (QED) is 0.627. The Bertz CT molecular complexity index is 316. The van der Waals surface area contributed by atoms with Gasteiger partial charge in [-0.2, -0.15) is 4.73 Å². The van der Waals surface area contributed by atoms with Crippen molar-refractivity contribution in [2.24, 2.45) is 0 Å². The molecule has 1 aromatic heterocycles. The van der Waals surface area contributed by atoms with Crippen LogP contribution in [0.25, 0.3) is 0 Å². The van der Waals surface area contributed by atoms with Crippen molar-refractivity contribution in [3.63, 3.8) is 0 Å². The minimum absolute atomic E-state index is 0. The van der Waals surface area contributed by atoms with Crippen LogP contribution in [0.2, 0.25) is 0 Å². The van der Waals surface area contributed by atoms with Gasteiger partial charge in [-0.1, -0.05) is 28.2 Å². The van der Waals surface area contributed by atoms with Gasteiger partial charge in [-0.15, -0.1) is 0 Å². The molecule has 0 bridgehead atoms. The number of hydrogen-bond acceptors (Lipinski definition) is 2. The largest absolute Gasteiger partial charge is 0.619 e. The van der Waals surface area contributed by atoms with Gasteiger partial charge in [-0.05, 0) is 25.8 Å². The Balaban J connectivity index is -0.000000266. The van der Waals surface area contributed by atoms with E-state index in [1.165, 1.54) is 12.4 Å². The maximum Gasteiger partial charge on any atom is 0.219 e. The molecule has 1 rings (SSSR count). The molecule has 20 heavy (non-hydrogen) atoms. The number of rotatable bonds is 4. The molecule has 0 spiro atoms. The van der Waals surface area contributed by atoms with E-state index in [2.05, 4.69) is 6.92 Å². The zero-order valence-corrected chi connectivity index (χ0v) is 11.8. The van der Waals surface area contributed by atoms with Crippen molar-refractivity contribution in [3.8, 4) is 0 Å². The van der Waals surface area contributed by atoms with Crippen LogP contribution >= 0.6 is 0 Å². The number of carbonyl (C=O) groups is 1. The molecular formula is C16H32N2O2. The maximum absolute atomic E-state index is 10.8. The number of amides is 1. The Kier molecular flexibility index (Phi) is 16.3. The standard InChI is InChI=1S/C8H17NO.C6H7NO.2CH4/c1-4-6-7-9(5-2)8(3)10;1-6-2-4-7(8)5-3-6;;/h4-7H2,1-3H3;2-5H,1H3;2*1H4. The molecule has 0 fully saturated rings. The fourth-order valence-electron chi connectivity index (χ4n) is 1.37. The molecule has 0 radical (unpaired) electrons. The first kappa shape index (κ1) is 23.5. The Morgan fingerprint density at radius 1 is 1.25 bits per heavy atom. The Morgan fingerprint density at radius 3 is 2.05 bits per heavy atom. The van der Waals surface area contributed by atoms with Crippen molar-refractivity contribution in [1.29, 1.82) is 0 Å². The molecule has 4 heteroatoms. The SMILES string of the molecule is C.C.CCCCN(CC)C(C)=O.Cc1cc[n+]([O-])cc1. The van der Waals surface area contributed by atoms with E-state index in [9.17, 15) is 10.0 Å². The van der Waals surface area contributed by atoms with Gasteiger partial charge in [0.2, 0.25) is 5.91 Å². The lowest BCUT2D eigenvalue weighted by Gasteiger charge is -2.17. The third kappa shape index (κ3) is 11.5. The van der Waals surface area contributed by atoms with E-state index < -0.39 is 0 Å². The van der Waals surface area contributed by atoms with Crippen LogP contribution in [-0.2, 0) is 4.79 Å². The minimum atomic E-state index is 0. The molecule has 1 aromatic rings. The summed E-state index contributed by atoms with van der Waals surface area (Å²) in [6.07, 6.45) is 5.24. The minimum Gasteiger partial charge on any atom is -0.619 e. The van der Waals surface area contributed by atoms with Crippen LogP contribution in [0.4, 0.5) is 0 Å². The number of aryl methyl sites for hydroxylation is 1. The van der Waals surface area contributed by atoms with Crippen molar-refractivity contribution in [2.45, 2.75) is 55.4 Å². The van der Waals surface area contributed by atoms with Crippen LogP contribution in [-0.4, -0.2) is 23.9 Å². The van der Waals surface area contributed by atoms with E-state index >= 15 is 0 Å². The molecular weight excluding hydrogens is 252 g/mol. The van der Waals surface area contributed by atoms with Gasteiger partial charge in [0.05, 0.1) is 0 Å². The predicted molar refractivity (Wildman–Crippen MR) is 86.4 cm³/mol. The highest BCUT2D eigenvalue weighted by molar-refractivity contribution is 5.73. The smallest absolute Gasteiger partial charge is 0.219 e. The second kappa shape index (κ2) is 13.8. The Morgan fingerprint density at radius 2 is 1.75 bits per heavy atom. The van der Waals surface area contributed by atoms with Gasteiger partial charge < -0.3 is 10.1 Å². The summed E-state index contributed by atoms with van der Waals surface area (Å²) in [6, 6.07) is 3.54. The molecule has 118 valence electrons. The first-order valence-electron chi connectivity index (χ1n) is 6.42. The first-order valence-corrected chi connectivity index (χ1v) is 6.42. The van der Waals surface area contributed by atoms with Crippen molar-refractivity contribution < 1.29 is 9.52 Å². The van der Waals surface area contributed by atoms with Gasteiger partial charge in [-0.3, -0.25) is 4.79 Å². The third-order valence-corrected chi connectivity index (χ3v) is 2.58. The molecule has 0 saturated heterocycles. The summed E-state index contributed by atoms with van der Waals surface area (Å²) in [6.45, 7) is 9.47. The first-order chi connectivity index (χ1) is 8.51. The Hall–Kier alpha value is -1.58. The van der Waals surface area contributed by atoms with Crippen LogP contribution in [0.15, 0.2) is 24.5 Å². The molecule has 0 saturated carbocycles. The molecule has 0 aliphatic carbocycles. The zero-order valence-electron chi connectivity index (χ0n) is 11.8.